The molecule has 30 heavy (non-hydrogen) atoms. The quantitative estimate of drug-likeness (QED) is 0.493. The van der Waals surface area contributed by atoms with Gasteiger partial charge in [0.2, 0.25) is 0 Å². The molecular weight excluding hydrogens is 404 g/mol. The van der Waals surface area contributed by atoms with E-state index in [1.54, 1.807) is 14.2 Å². The van der Waals surface area contributed by atoms with Crippen LogP contribution in [0, 0.1) is 0 Å². The molecule has 2 aromatic rings. The van der Waals surface area contributed by atoms with Crippen LogP contribution in [0.3, 0.4) is 0 Å². The molecule has 3 N–H and O–H groups in total. The van der Waals surface area contributed by atoms with Crippen molar-refractivity contribution in [2.45, 2.75) is 12.6 Å². The Morgan fingerprint density at radius 3 is 2.50 bits per heavy atom. The summed E-state index contributed by atoms with van der Waals surface area (Å²) >= 11 is 6.06. The average Bonchev–Trinajstić information content (AvgIpc) is 2.79. The minimum atomic E-state index is 0.154. The lowest BCUT2D eigenvalue weighted by molar-refractivity contribution is 0.0170. The van der Waals surface area contributed by atoms with Crippen LogP contribution in [0.5, 0.6) is 11.5 Å². The third-order valence-corrected chi connectivity index (χ3v) is 5.35. The van der Waals surface area contributed by atoms with Crippen LogP contribution in [0.15, 0.2) is 47.5 Å². The van der Waals surface area contributed by atoms with Gasteiger partial charge in [0.05, 0.1) is 40.0 Å². The highest BCUT2D eigenvalue weighted by Gasteiger charge is 2.22. The topological polar surface area (TPSA) is 81.3 Å². The average molecular weight is 433 g/mol. The monoisotopic (exact) mass is 432 g/mol. The van der Waals surface area contributed by atoms with Crippen LogP contribution in [0.1, 0.15) is 17.2 Å². The van der Waals surface area contributed by atoms with Gasteiger partial charge in [0.25, 0.3) is 0 Å². The van der Waals surface area contributed by atoms with Gasteiger partial charge in [-0.15, -0.1) is 0 Å². The normalized spacial score (nSPS) is 16.2. The van der Waals surface area contributed by atoms with Crippen LogP contribution in [-0.4, -0.2) is 57.9 Å². The predicted molar refractivity (Wildman–Crippen MR) is 119 cm³/mol. The van der Waals surface area contributed by atoms with Crippen molar-refractivity contribution in [1.29, 1.82) is 0 Å². The number of guanidine groups is 1. The van der Waals surface area contributed by atoms with E-state index in [2.05, 4.69) is 27.3 Å². The smallest absolute Gasteiger partial charge is 0.188 e. The molecule has 1 atom stereocenters. The van der Waals surface area contributed by atoms with Crippen molar-refractivity contribution in [2.24, 2.45) is 10.7 Å². The first kappa shape index (κ1) is 22.2. The van der Waals surface area contributed by atoms with E-state index >= 15 is 0 Å². The van der Waals surface area contributed by atoms with Gasteiger partial charge in [-0.1, -0.05) is 29.8 Å². The van der Waals surface area contributed by atoms with Gasteiger partial charge < -0.3 is 25.3 Å². The van der Waals surface area contributed by atoms with E-state index in [-0.39, 0.29) is 6.04 Å². The zero-order chi connectivity index (χ0) is 21.3. The lowest BCUT2D eigenvalue weighted by Gasteiger charge is -2.35. The third kappa shape index (κ3) is 6.01. The summed E-state index contributed by atoms with van der Waals surface area (Å²) in [6.07, 6.45) is 0. The molecule has 1 saturated heterocycles. The fraction of sp³-hybridized carbons (Fsp3) is 0.409. The Morgan fingerprint density at radius 2 is 1.83 bits per heavy atom. The Bertz CT molecular complexity index is 839. The Labute approximate surface area is 182 Å². The molecule has 1 heterocycles. The minimum absolute atomic E-state index is 0.154. The first-order valence-electron chi connectivity index (χ1n) is 9.92. The van der Waals surface area contributed by atoms with Gasteiger partial charge in [-0.3, -0.25) is 4.90 Å². The second kappa shape index (κ2) is 11.1. The maximum Gasteiger partial charge on any atom is 0.188 e. The highest BCUT2D eigenvalue weighted by molar-refractivity contribution is 6.30. The number of nitrogens with two attached hydrogens (primary N) is 1. The number of benzene rings is 2. The molecule has 0 aromatic heterocycles. The number of aliphatic imine (C=N–C) groups is 1. The first-order chi connectivity index (χ1) is 14.6. The number of nitrogens with one attached hydrogen (secondary N) is 1. The Kier molecular flexibility index (Phi) is 8.19. The summed E-state index contributed by atoms with van der Waals surface area (Å²) in [7, 11) is 3.23. The van der Waals surface area contributed by atoms with Gasteiger partial charge in [-0.05, 0) is 35.4 Å². The number of ether oxygens (including phenoxy) is 3. The van der Waals surface area contributed by atoms with Gasteiger partial charge in [0.1, 0.15) is 0 Å². The molecule has 0 aliphatic carbocycles. The molecule has 0 amide bonds. The summed E-state index contributed by atoms with van der Waals surface area (Å²) in [5, 5.41) is 4.00. The molecule has 1 aliphatic rings. The van der Waals surface area contributed by atoms with Gasteiger partial charge >= 0.3 is 0 Å². The van der Waals surface area contributed by atoms with Gasteiger partial charge in [0, 0.05) is 24.7 Å². The molecule has 0 spiro atoms. The maximum absolute atomic E-state index is 6.15. The number of hydrogen-bond acceptors (Lipinski definition) is 5. The molecule has 7 nitrogen and oxygen atoms in total. The molecule has 1 aliphatic heterocycles. The van der Waals surface area contributed by atoms with Crippen molar-refractivity contribution in [3.05, 3.63) is 58.6 Å². The first-order valence-corrected chi connectivity index (χ1v) is 10.3. The molecule has 0 radical (unpaired) electrons. The molecular formula is C22H29ClN4O3. The lowest BCUT2D eigenvalue weighted by Crippen LogP contribution is -2.45. The number of hydrogen-bond donors (Lipinski definition) is 2. The van der Waals surface area contributed by atoms with E-state index in [0.717, 1.165) is 36.9 Å². The SMILES string of the molecule is COc1ccc(CN=C(N)NCC(c2ccc(Cl)cc2)N2CCOCC2)cc1OC. The van der Waals surface area contributed by atoms with Crippen LogP contribution in [0.25, 0.3) is 0 Å². The van der Waals surface area contributed by atoms with Crippen LogP contribution in [0.2, 0.25) is 5.02 Å². The van der Waals surface area contributed by atoms with E-state index in [9.17, 15) is 0 Å². The molecule has 1 unspecified atom stereocenters. The summed E-state index contributed by atoms with van der Waals surface area (Å²) in [4.78, 5) is 6.86. The second-order valence-corrected chi connectivity index (χ2v) is 7.42. The van der Waals surface area contributed by atoms with Crippen molar-refractivity contribution < 1.29 is 14.2 Å². The van der Waals surface area contributed by atoms with E-state index in [1.165, 1.54) is 5.56 Å². The van der Waals surface area contributed by atoms with Gasteiger partial charge in [0.15, 0.2) is 17.5 Å². The number of halogens is 1. The molecule has 8 heteroatoms. The summed E-state index contributed by atoms with van der Waals surface area (Å²) in [5.41, 5.74) is 8.31. The van der Waals surface area contributed by atoms with Crippen molar-refractivity contribution in [2.75, 3.05) is 47.1 Å². The lowest BCUT2D eigenvalue weighted by atomic mass is 10.0. The van der Waals surface area contributed by atoms with Crippen molar-refractivity contribution in [3.8, 4) is 11.5 Å². The summed E-state index contributed by atoms with van der Waals surface area (Å²) in [6.45, 7) is 4.29. The molecule has 1 fully saturated rings. The minimum Gasteiger partial charge on any atom is -0.493 e. The number of morpholine rings is 1. The fourth-order valence-corrected chi connectivity index (χ4v) is 3.57. The van der Waals surface area contributed by atoms with E-state index in [4.69, 9.17) is 31.5 Å². The Balaban J connectivity index is 1.64. The summed E-state index contributed by atoms with van der Waals surface area (Å²) < 4.78 is 16.1. The largest absolute Gasteiger partial charge is 0.493 e. The zero-order valence-electron chi connectivity index (χ0n) is 17.4. The highest BCUT2D eigenvalue weighted by atomic mass is 35.5. The van der Waals surface area contributed by atoms with Crippen LogP contribution >= 0.6 is 11.6 Å². The molecule has 0 bridgehead atoms. The highest BCUT2D eigenvalue weighted by Crippen LogP contribution is 2.28. The summed E-state index contributed by atoms with van der Waals surface area (Å²) in [6, 6.07) is 13.8. The fourth-order valence-electron chi connectivity index (χ4n) is 3.44. The Morgan fingerprint density at radius 1 is 1.13 bits per heavy atom. The van der Waals surface area contributed by atoms with Crippen molar-refractivity contribution in [3.63, 3.8) is 0 Å². The summed E-state index contributed by atoms with van der Waals surface area (Å²) in [5.74, 6) is 1.76. The second-order valence-electron chi connectivity index (χ2n) is 6.99. The van der Waals surface area contributed by atoms with E-state index < -0.39 is 0 Å². The van der Waals surface area contributed by atoms with E-state index in [0.29, 0.717) is 30.5 Å². The Hall–Kier alpha value is -2.48. The van der Waals surface area contributed by atoms with Gasteiger partial charge in [-0.25, -0.2) is 4.99 Å². The zero-order valence-corrected chi connectivity index (χ0v) is 18.2. The third-order valence-electron chi connectivity index (χ3n) is 5.10. The van der Waals surface area contributed by atoms with Crippen molar-refractivity contribution in [1.82, 2.24) is 10.2 Å². The van der Waals surface area contributed by atoms with Crippen LogP contribution < -0.4 is 20.5 Å². The molecule has 162 valence electrons. The van der Waals surface area contributed by atoms with Crippen LogP contribution in [0.4, 0.5) is 0 Å². The van der Waals surface area contributed by atoms with E-state index in [1.807, 2.05) is 30.3 Å². The van der Waals surface area contributed by atoms with Gasteiger partial charge in [-0.2, -0.15) is 0 Å². The standard InChI is InChI=1S/C22H29ClN4O3/c1-28-20-8-3-16(13-21(20)29-2)14-25-22(24)26-15-19(27-9-11-30-12-10-27)17-4-6-18(23)7-5-17/h3-8,13,19H,9-12,14-15H2,1-2H3,(H3,24,25,26). The molecule has 3 rings (SSSR count). The van der Waals surface area contributed by atoms with Crippen LogP contribution in [-0.2, 0) is 11.3 Å². The number of rotatable bonds is 8. The predicted octanol–water partition coefficient (Wildman–Crippen LogP) is 2.84. The maximum atomic E-state index is 6.15. The number of methoxy groups -OCH3 is 2. The number of nitrogens with zero attached hydrogens (tertiary/aromatic N) is 2. The molecule has 0 saturated carbocycles. The molecule has 2 aromatic carbocycles. The van der Waals surface area contributed by atoms with Crippen molar-refractivity contribution >= 4 is 17.6 Å².